The Bertz CT molecular complexity index is 889. The summed E-state index contributed by atoms with van der Waals surface area (Å²) >= 11 is 4.36. The van der Waals surface area contributed by atoms with E-state index in [4.69, 9.17) is 0 Å². The molecule has 1 fully saturated rings. The summed E-state index contributed by atoms with van der Waals surface area (Å²) in [6.07, 6.45) is 5.17. The van der Waals surface area contributed by atoms with Crippen molar-refractivity contribution in [2.45, 2.75) is 35.4 Å². The Morgan fingerprint density at radius 2 is 1.50 bits per heavy atom. The van der Waals surface area contributed by atoms with Crippen LogP contribution in [0.3, 0.4) is 0 Å². The molecule has 2 aromatic rings. The van der Waals surface area contributed by atoms with Gasteiger partial charge in [0.25, 0.3) is 0 Å². The van der Waals surface area contributed by atoms with Crippen molar-refractivity contribution in [1.82, 2.24) is 0 Å². The number of fused-ring (bicyclic) bond motifs is 1. The molecule has 2 aliphatic heterocycles. The van der Waals surface area contributed by atoms with E-state index in [0.717, 1.165) is 0 Å². The van der Waals surface area contributed by atoms with E-state index in [0.29, 0.717) is 16.4 Å². The van der Waals surface area contributed by atoms with Crippen molar-refractivity contribution in [3.63, 3.8) is 0 Å². The molecule has 0 spiro atoms. The third kappa shape index (κ3) is 2.46. The summed E-state index contributed by atoms with van der Waals surface area (Å²) in [6, 6.07) is 22.1. The van der Waals surface area contributed by atoms with Gasteiger partial charge in [0.2, 0.25) is 0 Å². The smallest absolute Gasteiger partial charge is 0.106 e. The monoisotopic (exact) mass is 376 g/mol. The van der Waals surface area contributed by atoms with Gasteiger partial charge < -0.3 is 0 Å². The maximum Gasteiger partial charge on any atom is 0.106 e. The first-order chi connectivity index (χ1) is 12.5. The van der Waals surface area contributed by atoms with Crippen molar-refractivity contribution >= 4 is 29.1 Å². The zero-order valence-electron chi connectivity index (χ0n) is 15.5. The lowest BCUT2D eigenvalue weighted by Crippen LogP contribution is -2.24. The quantitative estimate of drug-likeness (QED) is 0.531. The van der Waals surface area contributed by atoms with Crippen molar-refractivity contribution in [2.24, 2.45) is 11.3 Å². The van der Waals surface area contributed by atoms with Crippen LogP contribution in [0.4, 0.5) is 0 Å². The average molecular weight is 377 g/mol. The molecule has 0 radical (unpaired) electrons. The minimum absolute atomic E-state index is 0.0447. The summed E-state index contributed by atoms with van der Waals surface area (Å²) < 4.78 is 0.0447. The molecule has 2 heterocycles. The fraction of sp³-hybridized carbons (Fsp3) is 0.333. The fourth-order valence-electron chi connectivity index (χ4n) is 4.54. The zero-order chi connectivity index (χ0) is 17.9. The lowest BCUT2D eigenvalue weighted by atomic mass is 9.85. The number of hydrogen-bond acceptors (Lipinski definition) is 2. The molecule has 1 aliphatic carbocycles. The van der Waals surface area contributed by atoms with Gasteiger partial charge >= 0.3 is 0 Å². The molecule has 0 unspecified atom stereocenters. The van der Waals surface area contributed by atoms with Crippen LogP contribution in [-0.4, -0.2) is 10.5 Å². The largest absolute Gasteiger partial charge is 0.129 e. The summed E-state index contributed by atoms with van der Waals surface area (Å²) in [5.74, 6) is 0.536. The van der Waals surface area contributed by atoms with E-state index in [9.17, 15) is 0 Å². The molecule has 0 aromatic heterocycles. The topological polar surface area (TPSA) is 0 Å². The van der Waals surface area contributed by atoms with E-state index in [2.05, 4.69) is 117 Å². The Balaban J connectivity index is 1.70. The molecule has 3 aliphatic rings. The van der Waals surface area contributed by atoms with Gasteiger partial charge in [0.05, 0.1) is 0 Å². The molecular weight excluding hydrogens is 352 g/mol. The van der Waals surface area contributed by atoms with Crippen molar-refractivity contribution in [1.29, 1.82) is 0 Å². The van der Waals surface area contributed by atoms with E-state index >= 15 is 0 Å². The van der Waals surface area contributed by atoms with E-state index < -0.39 is 0 Å². The SMILES string of the molecule is CC(C)(C)C1=C[C@@H]2C(c3ccccc3)=C[C@@]3(c4ccccc4)S[C@@H]2[C@@H]1S3. The molecule has 26 heavy (non-hydrogen) atoms. The van der Waals surface area contributed by atoms with Gasteiger partial charge in [-0.3, -0.25) is 0 Å². The van der Waals surface area contributed by atoms with Crippen LogP contribution in [0.25, 0.3) is 5.57 Å². The van der Waals surface area contributed by atoms with Gasteiger partial charge in [0.1, 0.15) is 4.08 Å². The van der Waals surface area contributed by atoms with E-state index in [1.54, 1.807) is 5.57 Å². The van der Waals surface area contributed by atoms with E-state index in [1.807, 2.05) is 0 Å². The lowest BCUT2D eigenvalue weighted by molar-refractivity contribution is 0.494. The Morgan fingerprint density at radius 1 is 0.846 bits per heavy atom. The molecule has 0 nitrogen and oxygen atoms in total. The molecule has 2 aromatic carbocycles. The van der Waals surface area contributed by atoms with E-state index in [-0.39, 0.29) is 9.49 Å². The third-order valence-electron chi connectivity index (χ3n) is 5.79. The van der Waals surface area contributed by atoms with Crippen molar-refractivity contribution < 1.29 is 0 Å². The van der Waals surface area contributed by atoms with Gasteiger partial charge in [-0.15, -0.1) is 23.5 Å². The van der Waals surface area contributed by atoms with Crippen LogP contribution in [0.15, 0.2) is 78.4 Å². The molecule has 4 atom stereocenters. The normalized spacial score (nSPS) is 32.3. The summed E-state index contributed by atoms with van der Waals surface area (Å²) in [7, 11) is 0. The first kappa shape index (κ1) is 16.8. The van der Waals surface area contributed by atoms with Crippen LogP contribution in [0.5, 0.6) is 0 Å². The second kappa shape index (κ2) is 5.81. The zero-order valence-corrected chi connectivity index (χ0v) is 17.1. The van der Waals surface area contributed by atoms with Crippen LogP contribution in [0.2, 0.25) is 0 Å². The summed E-state index contributed by atoms with van der Waals surface area (Å²) in [5.41, 5.74) is 6.22. The number of hydrogen-bond donors (Lipinski definition) is 0. The van der Waals surface area contributed by atoms with Gasteiger partial charge in [0, 0.05) is 16.4 Å². The minimum Gasteiger partial charge on any atom is -0.129 e. The van der Waals surface area contributed by atoms with Crippen LogP contribution in [0, 0.1) is 11.3 Å². The van der Waals surface area contributed by atoms with Crippen molar-refractivity contribution in [3.8, 4) is 0 Å². The van der Waals surface area contributed by atoms with Crippen molar-refractivity contribution in [2.75, 3.05) is 0 Å². The Labute approximate surface area is 165 Å². The summed E-state index contributed by atoms with van der Waals surface area (Å²) in [6.45, 7) is 7.12. The first-order valence-corrected chi connectivity index (χ1v) is 11.2. The maximum absolute atomic E-state index is 2.60. The van der Waals surface area contributed by atoms with Crippen LogP contribution in [0.1, 0.15) is 31.9 Å². The van der Waals surface area contributed by atoms with Gasteiger partial charge in [-0.1, -0.05) is 93.1 Å². The Hall–Kier alpha value is -1.38. The second-order valence-electron chi connectivity index (χ2n) is 8.52. The van der Waals surface area contributed by atoms with E-state index in [1.165, 1.54) is 16.7 Å². The molecule has 5 rings (SSSR count). The predicted molar refractivity (Wildman–Crippen MR) is 116 cm³/mol. The van der Waals surface area contributed by atoms with Crippen LogP contribution < -0.4 is 0 Å². The van der Waals surface area contributed by atoms with Crippen LogP contribution in [-0.2, 0) is 4.08 Å². The number of rotatable bonds is 2. The average Bonchev–Trinajstić information content (AvgIpc) is 3.14. The number of benzene rings is 2. The summed E-state index contributed by atoms with van der Waals surface area (Å²) in [4.78, 5) is 0. The molecule has 132 valence electrons. The minimum atomic E-state index is 0.0447. The number of allylic oxidation sites excluding steroid dienone is 2. The molecule has 0 amide bonds. The van der Waals surface area contributed by atoms with Crippen LogP contribution >= 0.6 is 23.5 Å². The van der Waals surface area contributed by atoms with Gasteiger partial charge in [-0.25, -0.2) is 0 Å². The molecule has 2 heteroatoms. The molecular formula is C24H24S2. The highest BCUT2D eigenvalue weighted by Gasteiger charge is 2.58. The fourth-order valence-corrected chi connectivity index (χ4v) is 8.96. The second-order valence-corrected chi connectivity index (χ2v) is 11.6. The number of thioether (sulfide) groups is 2. The molecule has 1 saturated heterocycles. The standard InChI is InChI=1S/C24H24S2/c1-23(2,3)20-14-18-19(16-10-6-4-7-11-16)15-24(17-12-8-5-9-13-17)25-21(18)22(20)26-24/h4-15,18,21-22H,1-3H3/t18-,21+,22-,24-/m1/s1. The molecule has 0 saturated carbocycles. The first-order valence-electron chi connectivity index (χ1n) is 9.39. The lowest BCUT2D eigenvalue weighted by Gasteiger charge is -2.34. The Morgan fingerprint density at radius 3 is 2.15 bits per heavy atom. The Kier molecular flexibility index (Phi) is 3.75. The molecule has 0 N–H and O–H groups in total. The van der Waals surface area contributed by atoms with Gasteiger partial charge in [0.15, 0.2) is 0 Å². The highest BCUT2D eigenvalue weighted by molar-refractivity contribution is 8.21. The van der Waals surface area contributed by atoms with Gasteiger partial charge in [-0.2, -0.15) is 0 Å². The highest BCUT2D eigenvalue weighted by Crippen LogP contribution is 2.71. The maximum atomic E-state index is 2.60. The van der Waals surface area contributed by atoms with Crippen molar-refractivity contribution in [3.05, 3.63) is 89.5 Å². The van der Waals surface area contributed by atoms with Gasteiger partial charge in [-0.05, 0) is 28.2 Å². The predicted octanol–water partition coefficient (Wildman–Crippen LogP) is 6.76. The third-order valence-corrected chi connectivity index (χ3v) is 9.58. The summed E-state index contributed by atoms with van der Waals surface area (Å²) in [5, 5.41) is 1.26. The molecule has 2 bridgehead atoms. The highest BCUT2D eigenvalue weighted by atomic mass is 32.2.